The smallest absolute Gasteiger partial charge is 0.0547 e. The number of pyridine rings is 1. The van der Waals surface area contributed by atoms with Crippen LogP contribution in [0, 0.1) is 6.92 Å². The predicted molar refractivity (Wildman–Crippen MR) is 86.9 cm³/mol. The summed E-state index contributed by atoms with van der Waals surface area (Å²) in [5, 5.41) is 3.50. The number of nitrogens with one attached hydrogen (secondary N) is 1. The van der Waals surface area contributed by atoms with Crippen LogP contribution in [0.2, 0.25) is 0 Å². The molecule has 0 saturated carbocycles. The van der Waals surface area contributed by atoms with Gasteiger partial charge in [0.1, 0.15) is 0 Å². The van der Waals surface area contributed by atoms with E-state index in [1.807, 2.05) is 0 Å². The molecule has 0 fully saturated rings. The van der Waals surface area contributed by atoms with Gasteiger partial charge in [0, 0.05) is 24.3 Å². The number of likely N-dealkylation sites (N-methyl/N-ethyl adjacent to an activating group) is 2. The van der Waals surface area contributed by atoms with Gasteiger partial charge in [-0.15, -0.1) is 0 Å². The van der Waals surface area contributed by atoms with E-state index in [0.717, 1.165) is 18.8 Å². The molecule has 1 heterocycles. The molecule has 20 heavy (non-hydrogen) atoms. The van der Waals surface area contributed by atoms with Crippen LogP contribution in [0.4, 0.5) is 0 Å². The monoisotopic (exact) mass is 277 g/mol. The van der Waals surface area contributed by atoms with E-state index in [4.69, 9.17) is 0 Å². The van der Waals surface area contributed by atoms with Crippen molar-refractivity contribution in [2.24, 2.45) is 0 Å². The van der Waals surface area contributed by atoms with Crippen molar-refractivity contribution >= 4 is 0 Å². The van der Waals surface area contributed by atoms with E-state index in [9.17, 15) is 0 Å². The Bertz CT molecular complexity index is 378. The Morgan fingerprint density at radius 3 is 2.50 bits per heavy atom. The summed E-state index contributed by atoms with van der Waals surface area (Å²) in [5.41, 5.74) is 2.28. The summed E-state index contributed by atoms with van der Waals surface area (Å²) >= 11 is 0. The predicted octanol–water partition coefficient (Wildman–Crippen LogP) is 3.38. The fraction of sp³-hybridized carbons (Fsp3) is 0.706. The van der Waals surface area contributed by atoms with E-state index in [1.54, 1.807) is 0 Å². The molecule has 0 amide bonds. The standard InChI is InChI=1S/C17H31N3/c1-6-10-16(18-5)17(7-2)20(8-3)13-15-12-9-11-14(4)19-15/h9,11-12,16-18H,6-8,10,13H2,1-5H3. The molecule has 1 aromatic heterocycles. The largest absolute Gasteiger partial charge is 0.315 e. The lowest BCUT2D eigenvalue weighted by molar-refractivity contribution is 0.147. The summed E-state index contributed by atoms with van der Waals surface area (Å²) in [6.07, 6.45) is 3.63. The molecule has 0 spiro atoms. The van der Waals surface area contributed by atoms with Crippen molar-refractivity contribution in [2.75, 3.05) is 13.6 Å². The number of aromatic nitrogens is 1. The number of aryl methyl sites for hydroxylation is 1. The van der Waals surface area contributed by atoms with Gasteiger partial charge in [-0.05, 0) is 45.5 Å². The van der Waals surface area contributed by atoms with E-state index in [2.05, 4.69) is 68.1 Å². The molecule has 0 aliphatic heterocycles. The lowest BCUT2D eigenvalue weighted by Crippen LogP contribution is -2.48. The van der Waals surface area contributed by atoms with Crippen molar-refractivity contribution < 1.29 is 0 Å². The van der Waals surface area contributed by atoms with Crippen LogP contribution in [0.5, 0.6) is 0 Å². The van der Waals surface area contributed by atoms with Crippen LogP contribution < -0.4 is 5.32 Å². The number of nitrogens with zero attached hydrogens (tertiary/aromatic N) is 2. The quantitative estimate of drug-likeness (QED) is 0.750. The third-order valence-corrected chi connectivity index (χ3v) is 4.04. The molecule has 1 N–H and O–H groups in total. The maximum absolute atomic E-state index is 4.65. The van der Waals surface area contributed by atoms with Gasteiger partial charge in [0.25, 0.3) is 0 Å². The summed E-state index contributed by atoms with van der Waals surface area (Å²) < 4.78 is 0. The van der Waals surface area contributed by atoms with Gasteiger partial charge in [-0.25, -0.2) is 0 Å². The Labute approximate surface area is 124 Å². The van der Waals surface area contributed by atoms with Gasteiger partial charge < -0.3 is 5.32 Å². The van der Waals surface area contributed by atoms with E-state index >= 15 is 0 Å². The molecule has 0 saturated heterocycles. The Kier molecular flexibility index (Phi) is 7.78. The van der Waals surface area contributed by atoms with Crippen LogP contribution in [0.15, 0.2) is 18.2 Å². The zero-order chi connectivity index (χ0) is 15.0. The first-order valence-corrected chi connectivity index (χ1v) is 8.00. The lowest BCUT2D eigenvalue weighted by Gasteiger charge is -2.36. The van der Waals surface area contributed by atoms with Crippen LogP contribution in [-0.2, 0) is 6.54 Å². The summed E-state index contributed by atoms with van der Waals surface area (Å²) in [6.45, 7) is 10.9. The van der Waals surface area contributed by atoms with Crippen LogP contribution in [0.3, 0.4) is 0 Å². The van der Waals surface area contributed by atoms with E-state index in [-0.39, 0.29) is 0 Å². The van der Waals surface area contributed by atoms with E-state index in [1.165, 1.54) is 25.0 Å². The zero-order valence-corrected chi connectivity index (χ0v) is 13.8. The molecule has 1 aromatic rings. The maximum Gasteiger partial charge on any atom is 0.0547 e. The van der Waals surface area contributed by atoms with Gasteiger partial charge in [0.2, 0.25) is 0 Å². The molecule has 2 unspecified atom stereocenters. The van der Waals surface area contributed by atoms with Crippen LogP contribution >= 0.6 is 0 Å². The second-order valence-electron chi connectivity index (χ2n) is 5.49. The summed E-state index contributed by atoms with van der Waals surface area (Å²) in [5.74, 6) is 0. The lowest BCUT2D eigenvalue weighted by atomic mass is 9.99. The van der Waals surface area contributed by atoms with Crippen molar-refractivity contribution in [1.82, 2.24) is 15.2 Å². The first kappa shape index (κ1) is 17.1. The fourth-order valence-corrected chi connectivity index (χ4v) is 3.00. The Morgan fingerprint density at radius 2 is 2.00 bits per heavy atom. The van der Waals surface area contributed by atoms with Gasteiger partial charge in [-0.2, -0.15) is 0 Å². The number of hydrogen-bond acceptors (Lipinski definition) is 3. The molecular weight excluding hydrogens is 246 g/mol. The second kappa shape index (κ2) is 9.09. The summed E-state index contributed by atoms with van der Waals surface area (Å²) in [4.78, 5) is 7.20. The first-order chi connectivity index (χ1) is 9.65. The highest BCUT2D eigenvalue weighted by molar-refractivity contribution is 5.10. The highest BCUT2D eigenvalue weighted by Gasteiger charge is 2.23. The molecular formula is C17H31N3. The minimum atomic E-state index is 0.565. The minimum absolute atomic E-state index is 0.565. The van der Waals surface area contributed by atoms with Crippen molar-refractivity contribution in [1.29, 1.82) is 0 Å². The summed E-state index contributed by atoms with van der Waals surface area (Å²) in [7, 11) is 2.09. The SMILES string of the molecule is CCCC(NC)C(CC)N(CC)Cc1cccc(C)n1. The molecule has 0 bridgehead atoms. The van der Waals surface area contributed by atoms with Gasteiger partial charge >= 0.3 is 0 Å². The molecule has 0 aromatic carbocycles. The minimum Gasteiger partial charge on any atom is -0.315 e. The molecule has 3 nitrogen and oxygen atoms in total. The molecule has 3 heteroatoms. The number of hydrogen-bond donors (Lipinski definition) is 1. The Morgan fingerprint density at radius 1 is 1.25 bits per heavy atom. The second-order valence-corrected chi connectivity index (χ2v) is 5.49. The summed E-state index contributed by atoms with van der Waals surface area (Å²) in [6, 6.07) is 7.44. The molecule has 0 aliphatic carbocycles. The highest BCUT2D eigenvalue weighted by Crippen LogP contribution is 2.16. The van der Waals surface area contributed by atoms with Crippen molar-refractivity contribution in [3.05, 3.63) is 29.6 Å². The van der Waals surface area contributed by atoms with Crippen LogP contribution in [0.1, 0.15) is 51.4 Å². The van der Waals surface area contributed by atoms with E-state index < -0.39 is 0 Å². The van der Waals surface area contributed by atoms with Gasteiger partial charge in [0.05, 0.1) is 5.69 Å². The average molecular weight is 277 g/mol. The Hall–Kier alpha value is -0.930. The van der Waals surface area contributed by atoms with Gasteiger partial charge in [-0.3, -0.25) is 9.88 Å². The van der Waals surface area contributed by atoms with Crippen LogP contribution in [-0.4, -0.2) is 35.6 Å². The normalized spacial score (nSPS) is 14.5. The van der Waals surface area contributed by atoms with Crippen LogP contribution in [0.25, 0.3) is 0 Å². The zero-order valence-electron chi connectivity index (χ0n) is 13.8. The van der Waals surface area contributed by atoms with Crippen molar-refractivity contribution in [3.8, 4) is 0 Å². The third kappa shape index (κ3) is 4.88. The molecule has 2 atom stereocenters. The number of rotatable bonds is 9. The molecule has 1 rings (SSSR count). The fourth-order valence-electron chi connectivity index (χ4n) is 3.00. The topological polar surface area (TPSA) is 28.2 Å². The average Bonchev–Trinajstić information content (AvgIpc) is 2.45. The van der Waals surface area contributed by atoms with E-state index in [0.29, 0.717) is 12.1 Å². The third-order valence-electron chi connectivity index (χ3n) is 4.04. The van der Waals surface area contributed by atoms with Crippen molar-refractivity contribution in [2.45, 2.75) is 65.6 Å². The van der Waals surface area contributed by atoms with Gasteiger partial charge in [-0.1, -0.05) is 33.3 Å². The highest BCUT2D eigenvalue weighted by atomic mass is 15.2. The Balaban J connectivity index is 2.80. The maximum atomic E-state index is 4.65. The van der Waals surface area contributed by atoms with Crippen molar-refractivity contribution in [3.63, 3.8) is 0 Å². The molecule has 0 aliphatic rings. The molecule has 0 radical (unpaired) electrons. The molecule has 114 valence electrons. The first-order valence-electron chi connectivity index (χ1n) is 8.00. The van der Waals surface area contributed by atoms with Gasteiger partial charge in [0.15, 0.2) is 0 Å².